The molecule has 0 unspecified atom stereocenters. The number of rotatable bonds is 8. The Labute approximate surface area is 179 Å². The van der Waals surface area contributed by atoms with Crippen LogP contribution in [0.15, 0.2) is 91.1 Å². The molecule has 1 heterocycles. The Morgan fingerprint density at radius 3 is 2.32 bits per heavy atom. The van der Waals surface area contributed by atoms with E-state index in [9.17, 15) is 9.59 Å². The fourth-order valence-corrected chi connectivity index (χ4v) is 3.11. The van der Waals surface area contributed by atoms with Gasteiger partial charge in [0.05, 0.1) is 16.9 Å². The summed E-state index contributed by atoms with van der Waals surface area (Å²) in [5.41, 5.74) is 3.73. The van der Waals surface area contributed by atoms with Crippen LogP contribution in [0.5, 0.6) is 5.75 Å². The van der Waals surface area contributed by atoms with Crippen LogP contribution in [0.3, 0.4) is 0 Å². The Hall–Kier alpha value is -4.19. The molecule has 1 aromatic heterocycles. The van der Waals surface area contributed by atoms with Crippen molar-refractivity contribution in [2.24, 2.45) is 0 Å². The molecule has 0 saturated heterocycles. The zero-order chi connectivity index (χ0) is 21.5. The van der Waals surface area contributed by atoms with Crippen LogP contribution in [0.25, 0.3) is 16.9 Å². The van der Waals surface area contributed by atoms with Crippen molar-refractivity contribution in [3.63, 3.8) is 0 Å². The third-order valence-corrected chi connectivity index (χ3v) is 4.64. The fraction of sp³-hybridized carbons (Fsp3) is 0.0800. The normalized spacial score (nSPS) is 10.5. The van der Waals surface area contributed by atoms with E-state index in [4.69, 9.17) is 14.6 Å². The molecule has 6 nitrogen and oxygen atoms in total. The minimum Gasteiger partial charge on any atom is -0.481 e. The molecule has 0 aliphatic heterocycles. The number of hydrogen-bond acceptors (Lipinski definition) is 5. The van der Waals surface area contributed by atoms with Crippen LogP contribution in [-0.4, -0.2) is 28.6 Å². The average Bonchev–Trinajstić information content (AvgIpc) is 3.27. The summed E-state index contributed by atoms with van der Waals surface area (Å²) in [4.78, 5) is 23.3. The van der Waals surface area contributed by atoms with Gasteiger partial charge in [0.2, 0.25) is 0 Å². The summed E-state index contributed by atoms with van der Waals surface area (Å²) in [5, 5.41) is 4.70. The smallest absolute Gasteiger partial charge is 0.344 e. The zero-order valence-corrected chi connectivity index (χ0v) is 16.7. The maximum absolute atomic E-state index is 12.3. The Balaban J connectivity index is 1.49. The monoisotopic (exact) mass is 412 g/mol. The Morgan fingerprint density at radius 1 is 0.903 bits per heavy atom. The topological polar surface area (TPSA) is 70.4 Å². The minimum absolute atomic E-state index is 0.0502. The van der Waals surface area contributed by atoms with Crippen molar-refractivity contribution < 1.29 is 19.1 Å². The Bertz CT molecular complexity index is 1170. The standard InChI is InChI=1S/C25H20N2O4/c28-16-20-11-7-8-14-23(20)30-18-24(29)31-17-21-15-27(22-12-5-2-6-13-22)26-25(21)19-9-3-1-4-10-19/h1-16H,17-18H2. The molecule has 4 rings (SSSR count). The van der Waals surface area contributed by atoms with E-state index in [1.165, 1.54) is 0 Å². The maximum atomic E-state index is 12.3. The minimum atomic E-state index is -0.535. The van der Waals surface area contributed by atoms with Gasteiger partial charge in [-0.1, -0.05) is 60.7 Å². The van der Waals surface area contributed by atoms with Crippen LogP contribution in [0.4, 0.5) is 0 Å². The van der Waals surface area contributed by atoms with Crippen LogP contribution >= 0.6 is 0 Å². The van der Waals surface area contributed by atoms with Crippen molar-refractivity contribution in [2.45, 2.75) is 6.61 Å². The predicted molar refractivity (Wildman–Crippen MR) is 116 cm³/mol. The summed E-state index contributed by atoms with van der Waals surface area (Å²) < 4.78 is 12.6. The lowest BCUT2D eigenvalue weighted by molar-refractivity contribution is -0.147. The molecule has 0 amide bonds. The first-order chi connectivity index (χ1) is 15.2. The van der Waals surface area contributed by atoms with E-state index < -0.39 is 5.97 Å². The molecule has 0 bridgehead atoms. The van der Waals surface area contributed by atoms with Gasteiger partial charge < -0.3 is 9.47 Å². The van der Waals surface area contributed by atoms with E-state index in [1.807, 2.05) is 66.9 Å². The Morgan fingerprint density at radius 2 is 1.58 bits per heavy atom. The largest absolute Gasteiger partial charge is 0.481 e. The third-order valence-electron chi connectivity index (χ3n) is 4.64. The molecule has 0 atom stereocenters. The molecule has 6 heteroatoms. The van der Waals surface area contributed by atoms with Gasteiger partial charge in [-0.05, 0) is 24.3 Å². The van der Waals surface area contributed by atoms with Gasteiger partial charge in [0.1, 0.15) is 12.4 Å². The van der Waals surface area contributed by atoms with E-state index in [0.29, 0.717) is 17.6 Å². The summed E-state index contributed by atoms with van der Waals surface area (Å²) in [5.74, 6) is -0.191. The van der Waals surface area contributed by atoms with Gasteiger partial charge in [0.15, 0.2) is 12.9 Å². The number of aromatic nitrogens is 2. The first-order valence-corrected chi connectivity index (χ1v) is 9.76. The van der Waals surface area contributed by atoms with Crippen LogP contribution in [0.2, 0.25) is 0 Å². The fourth-order valence-electron chi connectivity index (χ4n) is 3.11. The average molecular weight is 412 g/mol. The highest BCUT2D eigenvalue weighted by Crippen LogP contribution is 2.24. The third kappa shape index (κ3) is 4.87. The summed E-state index contributed by atoms with van der Waals surface area (Å²) in [6.07, 6.45) is 2.54. The highest BCUT2D eigenvalue weighted by Gasteiger charge is 2.15. The number of esters is 1. The van der Waals surface area contributed by atoms with Crippen LogP contribution < -0.4 is 4.74 Å². The van der Waals surface area contributed by atoms with Gasteiger partial charge in [0, 0.05) is 17.3 Å². The molecule has 0 fully saturated rings. The first kappa shape index (κ1) is 20.1. The molecule has 0 aliphatic carbocycles. The predicted octanol–water partition coefficient (Wildman–Crippen LogP) is 4.47. The number of ether oxygens (including phenoxy) is 2. The SMILES string of the molecule is O=Cc1ccccc1OCC(=O)OCc1cn(-c2ccccc2)nc1-c1ccccc1. The molecule has 0 saturated carbocycles. The summed E-state index contributed by atoms with van der Waals surface area (Å²) in [7, 11) is 0. The second-order valence-electron chi connectivity index (χ2n) is 6.75. The molecule has 0 aliphatic rings. The van der Waals surface area contributed by atoms with Gasteiger partial charge >= 0.3 is 5.97 Å². The molecule has 31 heavy (non-hydrogen) atoms. The van der Waals surface area contributed by atoms with Crippen molar-refractivity contribution >= 4 is 12.3 Å². The van der Waals surface area contributed by atoms with Crippen molar-refractivity contribution in [2.75, 3.05) is 6.61 Å². The number of benzene rings is 3. The van der Waals surface area contributed by atoms with Crippen molar-refractivity contribution in [3.05, 3.63) is 102 Å². The highest BCUT2D eigenvalue weighted by atomic mass is 16.6. The Kier molecular flexibility index (Phi) is 6.18. The number of hydrogen-bond donors (Lipinski definition) is 0. The van der Waals surface area contributed by atoms with Gasteiger partial charge in [-0.25, -0.2) is 9.48 Å². The summed E-state index contributed by atoms with van der Waals surface area (Å²) in [6.45, 7) is -0.243. The molecule has 0 N–H and O–H groups in total. The lowest BCUT2D eigenvalue weighted by Crippen LogP contribution is -2.15. The van der Waals surface area contributed by atoms with Gasteiger partial charge in [-0.3, -0.25) is 4.79 Å². The second-order valence-corrected chi connectivity index (χ2v) is 6.75. The summed E-state index contributed by atoms with van der Waals surface area (Å²) >= 11 is 0. The van der Waals surface area contributed by atoms with E-state index >= 15 is 0 Å². The molecular formula is C25H20N2O4. The number of aldehydes is 1. The van der Waals surface area contributed by atoms with Gasteiger partial charge in [-0.15, -0.1) is 0 Å². The van der Waals surface area contributed by atoms with Crippen molar-refractivity contribution in [1.29, 1.82) is 0 Å². The zero-order valence-electron chi connectivity index (χ0n) is 16.7. The lowest BCUT2D eigenvalue weighted by atomic mass is 10.1. The maximum Gasteiger partial charge on any atom is 0.344 e. The van der Waals surface area contributed by atoms with Crippen LogP contribution in [0, 0.1) is 0 Å². The van der Waals surface area contributed by atoms with Gasteiger partial charge in [0.25, 0.3) is 0 Å². The second kappa shape index (κ2) is 9.54. The molecular weight excluding hydrogens is 392 g/mol. The molecule has 3 aromatic carbocycles. The number of carbonyl (C=O) groups is 2. The molecule has 0 radical (unpaired) electrons. The van der Waals surface area contributed by atoms with Crippen LogP contribution in [-0.2, 0) is 16.1 Å². The first-order valence-electron chi connectivity index (χ1n) is 9.76. The molecule has 0 spiro atoms. The van der Waals surface area contributed by atoms with Crippen molar-refractivity contribution in [1.82, 2.24) is 9.78 Å². The summed E-state index contributed by atoms with van der Waals surface area (Å²) in [6, 6.07) is 26.2. The van der Waals surface area contributed by atoms with E-state index in [-0.39, 0.29) is 13.2 Å². The van der Waals surface area contributed by atoms with Crippen LogP contribution in [0.1, 0.15) is 15.9 Å². The number of carbonyl (C=O) groups excluding carboxylic acids is 2. The number of nitrogens with zero attached hydrogens (tertiary/aromatic N) is 2. The quantitative estimate of drug-likeness (QED) is 0.315. The van der Waals surface area contributed by atoms with E-state index in [2.05, 4.69) is 0 Å². The van der Waals surface area contributed by atoms with E-state index in [0.717, 1.165) is 22.5 Å². The van der Waals surface area contributed by atoms with E-state index in [1.54, 1.807) is 28.9 Å². The van der Waals surface area contributed by atoms with Gasteiger partial charge in [-0.2, -0.15) is 5.10 Å². The lowest BCUT2D eigenvalue weighted by Gasteiger charge is -2.08. The molecule has 4 aromatic rings. The van der Waals surface area contributed by atoms with Crippen molar-refractivity contribution in [3.8, 4) is 22.7 Å². The number of para-hydroxylation sites is 2. The highest BCUT2D eigenvalue weighted by molar-refractivity contribution is 5.79. The molecule has 154 valence electrons.